The molecule has 25 heavy (non-hydrogen) atoms. The van der Waals surface area contributed by atoms with Crippen LogP contribution < -0.4 is 15.4 Å². The summed E-state index contributed by atoms with van der Waals surface area (Å²) in [4.78, 5) is 16.0. The van der Waals surface area contributed by atoms with Crippen molar-refractivity contribution in [2.75, 3.05) is 27.8 Å². The van der Waals surface area contributed by atoms with Crippen LogP contribution >= 0.6 is 0 Å². The van der Waals surface area contributed by atoms with Crippen molar-refractivity contribution >= 4 is 11.9 Å². The number of carbonyl (C=O) groups is 1. The fourth-order valence-corrected chi connectivity index (χ4v) is 2.36. The number of hydrogen-bond acceptors (Lipinski definition) is 4. The number of nitrogens with zero attached hydrogens (tertiary/aromatic N) is 2. The summed E-state index contributed by atoms with van der Waals surface area (Å²) in [5, 5.41) is 6.47. The highest BCUT2D eigenvalue weighted by Gasteiger charge is 2.13. The van der Waals surface area contributed by atoms with Gasteiger partial charge in [-0.1, -0.05) is 6.07 Å². The number of hydrogen-bond donors (Lipinski definition) is 2. The van der Waals surface area contributed by atoms with Gasteiger partial charge in [0.25, 0.3) is 0 Å². The minimum Gasteiger partial charge on any atom is -0.496 e. The van der Waals surface area contributed by atoms with Crippen molar-refractivity contribution < 1.29 is 14.3 Å². The number of ether oxygens (including phenoxy) is 2. The van der Waals surface area contributed by atoms with Crippen LogP contribution in [0.25, 0.3) is 0 Å². The highest BCUT2D eigenvalue weighted by molar-refractivity contribution is 5.92. The summed E-state index contributed by atoms with van der Waals surface area (Å²) in [6.07, 6.45) is 4.03. The van der Waals surface area contributed by atoms with Crippen LogP contribution in [0.2, 0.25) is 0 Å². The van der Waals surface area contributed by atoms with Crippen molar-refractivity contribution in [1.29, 1.82) is 0 Å². The van der Waals surface area contributed by atoms with Gasteiger partial charge in [-0.15, -0.1) is 0 Å². The zero-order valence-electron chi connectivity index (χ0n) is 14.8. The predicted octanol–water partition coefficient (Wildman–Crippen LogP) is 1.65. The van der Waals surface area contributed by atoms with E-state index in [1.807, 2.05) is 30.6 Å². The summed E-state index contributed by atoms with van der Waals surface area (Å²) in [5.41, 5.74) is 1.33. The molecule has 7 heteroatoms. The van der Waals surface area contributed by atoms with Crippen molar-refractivity contribution in [1.82, 2.24) is 15.2 Å². The third-order valence-corrected chi connectivity index (χ3v) is 3.68. The molecule has 1 heterocycles. The fraction of sp³-hybridized carbons (Fsp3) is 0.333. The Morgan fingerprint density at radius 3 is 2.60 bits per heavy atom. The average molecular weight is 344 g/mol. The molecule has 0 amide bonds. The standard InChI is InChI=1S/C18H24N4O3/c1-19-18(20-8-11-22-9-4-5-10-22)21-13-14-6-7-16(24-2)15(12-14)17(23)25-3/h4-7,9-10,12H,8,11,13H2,1-3H3,(H2,19,20,21). The van der Waals surface area contributed by atoms with E-state index in [2.05, 4.69) is 20.2 Å². The minimum atomic E-state index is -0.423. The second-order valence-corrected chi connectivity index (χ2v) is 5.30. The molecular formula is C18H24N4O3. The smallest absolute Gasteiger partial charge is 0.341 e. The van der Waals surface area contributed by atoms with Crippen molar-refractivity contribution in [2.45, 2.75) is 13.1 Å². The van der Waals surface area contributed by atoms with Crippen molar-refractivity contribution in [3.63, 3.8) is 0 Å². The summed E-state index contributed by atoms with van der Waals surface area (Å²) in [6, 6.07) is 9.40. The van der Waals surface area contributed by atoms with Gasteiger partial charge in [0.05, 0.1) is 14.2 Å². The molecule has 134 valence electrons. The van der Waals surface area contributed by atoms with Gasteiger partial charge in [0, 0.05) is 39.1 Å². The van der Waals surface area contributed by atoms with Crippen LogP contribution in [-0.2, 0) is 17.8 Å². The van der Waals surface area contributed by atoms with Crippen molar-refractivity contribution in [3.8, 4) is 5.75 Å². The second-order valence-electron chi connectivity index (χ2n) is 5.30. The number of methoxy groups -OCH3 is 2. The molecule has 2 N–H and O–H groups in total. The van der Waals surface area contributed by atoms with Crippen LogP contribution in [0.4, 0.5) is 0 Å². The van der Waals surface area contributed by atoms with Gasteiger partial charge in [-0.25, -0.2) is 4.79 Å². The molecule has 0 bridgehead atoms. The van der Waals surface area contributed by atoms with Gasteiger partial charge in [-0.2, -0.15) is 0 Å². The Morgan fingerprint density at radius 1 is 1.20 bits per heavy atom. The molecule has 0 unspecified atom stereocenters. The van der Waals surface area contributed by atoms with Gasteiger partial charge in [0.2, 0.25) is 0 Å². The molecule has 0 saturated carbocycles. The first kappa shape index (κ1) is 18.4. The largest absolute Gasteiger partial charge is 0.496 e. The number of rotatable bonds is 7. The molecule has 0 saturated heterocycles. The summed E-state index contributed by atoms with van der Waals surface area (Å²) < 4.78 is 12.1. The van der Waals surface area contributed by atoms with Crippen LogP contribution in [0.15, 0.2) is 47.7 Å². The lowest BCUT2D eigenvalue weighted by atomic mass is 10.1. The number of esters is 1. The van der Waals surface area contributed by atoms with E-state index in [-0.39, 0.29) is 0 Å². The fourth-order valence-electron chi connectivity index (χ4n) is 2.36. The summed E-state index contributed by atoms with van der Waals surface area (Å²) in [6.45, 7) is 2.13. The van der Waals surface area contributed by atoms with Gasteiger partial charge in [-0.3, -0.25) is 4.99 Å². The Hall–Kier alpha value is -2.96. The van der Waals surface area contributed by atoms with E-state index < -0.39 is 5.97 Å². The number of nitrogens with one attached hydrogen (secondary N) is 2. The summed E-state index contributed by atoms with van der Waals surface area (Å²) in [5.74, 6) is 0.764. The van der Waals surface area contributed by atoms with Gasteiger partial charge in [0.1, 0.15) is 11.3 Å². The Labute approximate surface area is 147 Å². The lowest BCUT2D eigenvalue weighted by molar-refractivity contribution is 0.0597. The molecule has 0 aliphatic carbocycles. The molecule has 0 spiro atoms. The molecule has 2 rings (SSSR count). The lowest BCUT2D eigenvalue weighted by Crippen LogP contribution is -2.38. The Bertz CT molecular complexity index is 711. The predicted molar refractivity (Wildman–Crippen MR) is 97.0 cm³/mol. The monoisotopic (exact) mass is 344 g/mol. The Balaban J connectivity index is 1.91. The highest BCUT2D eigenvalue weighted by atomic mass is 16.5. The molecule has 0 atom stereocenters. The molecule has 1 aromatic carbocycles. The quantitative estimate of drug-likeness (QED) is 0.454. The molecule has 0 radical (unpaired) electrons. The van der Waals surface area contributed by atoms with E-state index in [0.717, 1.165) is 18.7 Å². The van der Waals surface area contributed by atoms with Gasteiger partial charge < -0.3 is 24.7 Å². The maximum absolute atomic E-state index is 11.8. The number of guanidine groups is 1. The first-order valence-corrected chi connectivity index (χ1v) is 7.98. The maximum atomic E-state index is 11.8. The number of aromatic nitrogens is 1. The van der Waals surface area contributed by atoms with Gasteiger partial charge in [0.15, 0.2) is 5.96 Å². The van der Waals surface area contributed by atoms with Gasteiger partial charge >= 0.3 is 5.97 Å². The van der Waals surface area contributed by atoms with E-state index in [4.69, 9.17) is 9.47 Å². The van der Waals surface area contributed by atoms with Crippen LogP contribution in [0.3, 0.4) is 0 Å². The van der Waals surface area contributed by atoms with Crippen LogP contribution in [-0.4, -0.2) is 44.3 Å². The number of benzene rings is 1. The number of aliphatic imine (C=N–C) groups is 1. The van der Waals surface area contributed by atoms with Crippen molar-refractivity contribution in [3.05, 3.63) is 53.9 Å². The molecular weight excluding hydrogens is 320 g/mol. The van der Waals surface area contributed by atoms with Gasteiger partial charge in [-0.05, 0) is 29.8 Å². The lowest BCUT2D eigenvalue weighted by Gasteiger charge is -2.13. The topological polar surface area (TPSA) is 76.9 Å². The number of carbonyl (C=O) groups excluding carboxylic acids is 1. The van der Waals surface area contributed by atoms with E-state index in [0.29, 0.717) is 23.8 Å². The molecule has 0 aliphatic rings. The summed E-state index contributed by atoms with van der Waals surface area (Å²) in [7, 11) is 4.60. The SMILES string of the molecule is CN=C(NCCn1cccc1)NCc1ccc(OC)c(C(=O)OC)c1. The van der Waals surface area contributed by atoms with Crippen LogP contribution in [0.1, 0.15) is 15.9 Å². The molecule has 0 aliphatic heterocycles. The normalized spacial score (nSPS) is 11.1. The highest BCUT2D eigenvalue weighted by Crippen LogP contribution is 2.20. The Kier molecular flexibility index (Phi) is 6.88. The Morgan fingerprint density at radius 2 is 1.96 bits per heavy atom. The van der Waals surface area contributed by atoms with Crippen LogP contribution in [0, 0.1) is 0 Å². The molecule has 1 aromatic heterocycles. The average Bonchev–Trinajstić information content (AvgIpc) is 3.17. The van der Waals surface area contributed by atoms with Crippen LogP contribution in [0.5, 0.6) is 5.75 Å². The minimum absolute atomic E-state index is 0.403. The maximum Gasteiger partial charge on any atom is 0.341 e. The zero-order valence-corrected chi connectivity index (χ0v) is 14.8. The molecule has 2 aromatic rings. The molecule has 7 nitrogen and oxygen atoms in total. The van der Waals surface area contributed by atoms with E-state index >= 15 is 0 Å². The third-order valence-electron chi connectivity index (χ3n) is 3.68. The first-order chi connectivity index (χ1) is 12.2. The van der Waals surface area contributed by atoms with E-state index in [1.165, 1.54) is 14.2 Å². The third kappa shape index (κ3) is 5.27. The zero-order chi connectivity index (χ0) is 18.1. The summed E-state index contributed by atoms with van der Waals surface area (Å²) >= 11 is 0. The van der Waals surface area contributed by atoms with E-state index in [9.17, 15) is 4.79 Å². The first-order valence-electron chi connectivity index (χ1n) is 7.98. The van der Waals surface area contributed by atoms with E-state index in [1.54, 1.807) is 19.2 Å². The molecule has 0 fully saturated rings. The second kappa shape index (κ2) is 9.36. The van der Waals surface area contributed by atoms with Crippen molar-refractivity contribution in [2.24, 2.45) is 4.99 Å².